The van der Waals surface area contributed by atoms with Gasteiger partial charge in [0.05, 0.1) is 5.02 Å². The van der Waals surface area contributed by atoms with E-state index in [1.165, 1.54) is 11.3 Å². The molecule has 9 heavy (non-hydrogen) atoms. The third-order valence-electron chi connectivity index (χ3n) is 0.842. The van der Waals surface area contributed by atoms with E-state index < -0.39 is 0 Å². The zero-order chi connectivity index (χ0) is 6.85. The Morgan fingerprint density at radius 3 is 2.44 bits per heavy atom. The first-order chi connectivity index (χ1) is 4.25. The largest absolute Gasteiger partial charge is 0.298 e. The van der Waals surface area contributed by atoms with Gasteiger partial charge in [0.2, 0.25) is 0 Å². The van der Waals surface area contributed by atoms with Crippen molar-refractivity contribution in [2.75, 3.05) is 0 Å². The minimum Gasteiger partial charge on any atom is -0.298 e. The Morgan fingerprint density at radius 2 is 2.22 bits per heavy atom. The van der Waals surface area contributed by atoms with Crippen LogP contribution in [0.2, 0.25) is 9.36 Å². The van der Waals surface area contributed by atoms with Gasteiger partial charge in [0, 0.05) is 10.9 Å². The summed E-state index contributed by atoms with van der Waals surface area (Å²) in [6.45, 7) is 0. The van der Waals surface area contributed by atoms with E-state index in [2.05, 4.69) is 0 Å². The SMILES string of the molecule is O=Cc1csc(Cl)c1Cl. The Balaban J connectivity index is 3.18. The first-order valence-corrected chi connectivity index (χ1v) is 3.77. The molecule has 1 nitrogen and oxygen atoms in total. The van der Waals surface area contributed by atoms with Crippen LogP contribution in [0.3, 0.4) is 0 Å². The van der Waals surface area contributed by atoms with Gasteiger partial charge < -0.3 is 0 Å². The molecule has 0 radical (unpaired) electrons. The zero-order valence-corrected chi connectivity index (χ0v) is 6.56. The maximum atomic E-state index is 10.1. The lowest BCUT2D eigenvalue weighted by Crippen LogP contribution is -1.70. The summed E-state index contributed by atoms with van der Waals surface area (Å²) in [6, 6.07) is 0. The molecule has 0 aliphatic rings. The molecule has 0 fully saturated rings. The van der Waals surface area contributed by atoms with Crippen molar-refractivity contribution in [2.24, 2.45) is 0 Å². The second kappa shape index (κ2) is 2.69. The van der Waals surface area contributed by atoms with Crippen LogP contribution in [0.5, 0.6) is 0 Å². The van der Waals surface area contributed by atoms with Gasteiger partial charge in [0.25, 0.3) is 0 Å². The van der Waals surface area contributed by atoms with Crippen LogP contribution in [0.15, 0.2) is 5.38 Å². The molecule has 1 aromatic heterocycles. The first kappa shape index (κ1) is 7.06. The highest BCUT2D eigenvalue weighted by Gasteiger charge is 2.04. The molecule has 0 atom stereocenters. The Bertz CT molecular complexity index is 231. The van der Waals surface area contributed by atoms with Gasteiger partial charge in [-0.25, -0.2) is 0 Å². The number of aldehydes is 1. The Morgan fingerprint density at radius 1 is 1.56 bits per heavy atom. The fourth-order valence-electron chi connectivity index (χ4n) is 0.412. The maximum absolute atomic E-state index is 10.1. The van der Waals surface area contributed by atoms with Gasteiger partial charge >= 0.3 is 0 Å². The highest BCUT2D eigenvalue weighted by atomic mass is 35.5. The third kappa shape index (κ3) is 1.26. The zero-order valence-electron chi connectivity index (χ0n) is 4.23. The van der Waals surface area contributed by atoms with Crippen molar-refractivity contribution in [2.45, 2.75) is 0 Å². The van der Waals surface area contributed by atoms with Crippen LogP contribution in [0.1, 0.15) is 10.4 Å². The van der Waals surface area contributed by atoms with E-state index in [1.807, 2.05) is 0 Å². The number of carbonyl (C=O) groups excluding carboxylic acids is 1. The number of hydrogen-bond donors (Lipinski definition) is 0. The van der Waals surface area contributed by atoms with Crippen LogP contribution in [0.25, 0.3) is 0 Å². The molecule has 0 bridgehead atoms. The van der Waals surface area contributed by atoms with E-state index in [4.69, 9.17) is 23.2 Å². The van der Waals surface area contributed by atoms with E-state index in [0.717, 1.165) is 0 Å². The average Bonchev–Trinajstić information content (AvgIpc) is 2.15. The van der Waals surface area contributed by atoms with Crippen molar-refractivity contribution in [1.29, 1.82) is 0 Å². The van der Waals surface area contributed by atoms with Crippen LogP contribution in [0, 0.1) is 0 Å². The van der Waals surface area contributed by atoms with Gasteiger partial charge in [0.1, 0.15) is 4.34 Å². The predicted molar refractivity (Wildman–Crippen MR) is 39.7 cm³/mol. The van der Waals surface area contributed by atoms with Crippen molar-refractivity contribution in [3.8, 4) is 0 Å². The summed E-state index contributed by atoms with van der Waals surface area (Å²) < 4.78 is 0.471. The molecule has 0 saturated heterocycles. The lowest BCUT2D eigenvalue weighted by molar-refractivity contribution is 0.112. The van der Waals surface area contributed by atoms with Gasteiger partial charge in [-0.15, -0.1) is 11.3 Å². The van der Waals surface area contributed by atoms with Crippen molar-refractivity contribution in [1.82, 2.24) is 0 Å². The molecule has 0 saturated carbocycles. The quantitative estimate of drug-likeness (QED) is 0.608. The fraction of sp³-hybridized carbons (Fsp3) is 0. The van der Waals surface area contributed by atoms with Gasteiger partial charge in [-0.2, -0.15) is 0 Å². The number of halogens is 2. The highest BCUT2D eigenvalue weighted by molar-refractivity contribution is 7.15. The second-order valence-corrected chi connectivity index (χ2v) is 3.26. The van der Waals surface area contributed by atoms with Crippen molar-refractivity contribution < 1.29 is 4.79 Å². The second-order valence-electron chi connectivity index (χ2n) is 1.40. The number of thiophene rings is 1. The molecule has 0 amide bonds. The monoisotopic (exact) mass is 180 g/mol. The van der Waals surface area contributed by atoms with E-state index >= 15 is 0 Å². The third-order valence-corrected chi connectivity index (χ3v) is 2.70. The minimum atomic E-state index is 0.358. The van der Waals surface area contributed by atoms with Crippen LogP contribution >= 0.6 is 34.5 Å². The molecular weight excluding hydrogens is 179 g/mol. The van der Waals surface area contributed by atoms with Gasteiger partial charge in [0.15, 0.2) is 6.29 Å². The van der Waals surface area contributed by atoms with Gasteiger partial charge in [-0.3, -0.25) is 4.79 Å². The summed E-state index contributed by atoms with van der Waals surface area (Å²) in [5, 5.41) is 1.98. The summed E-state index contributed by atoms with van der Waals surface area (Å²) >= 11 is 12.3. The van der Waals surface area contributed by atoms with Crippen LogP contribution < -0.4 is 0 Å². The average molecular weight is 181 g/mol. The van der Waals surface area contributed by atoms with Crippen LogP contribution in [-0.2, 0) is 0 Å². The minimum absolute atomic E-state index is 0.358. The Hall–Kier alpha value is -0.0500. The molecular formula is C5H2Cl2OS. The van der Waals surface area contributed by atoms with E-state index in [0.29, 0.717) is 21.2 Å². The summed E-state index contributed by atoms with van der Waals surface area (Å²) in [7, 11) is 0. The summed E-state index contributed by atoms with van der Waals surface area (Å²) in [5.41, 5.74) is 0.465. The number of hydrogen-bond acceptors (Lipinski definition) is 2. The fourth-order valence-corrected chi connectivity index (χ4v) is 1.58. The molecule has 0 N–H and O–H groups in total. The molecule has 1 rings (SSSR count). The van der Waals surface area contributed by atoms with E-state index in [-0.39, 0.29) is 0 Å². The van der Waals surface area contributed by atoms with Crippen molar-refractivity contribution in [3.05, 3.63) is 20.3 Å². The Labute approximate surface area is 66.2 Å². The van der Waals surface area contributed by atoms with Crippen LogP contribution in [-0.4, -0.2) is 6.29 Å². The Kier molecular flexibility index (Phi) is 2.11. The summed E-state index contributed by atoms with van der Waals surface area (Å²) in [6.07, 6.45) is 0.685. The molecule has 0 aliphatic carbocycles. The first-order valence-electron chi connectivity index (χ1n) is 2.13. The lowest BCUT2D eigenvalue weighted by Gasteiger charge is -1.80. The van der Waals surface area contributed by atoms with Gasteiger partial charge in [-0.05, 0) is 0 Å². The molecule has 0 unspecified atom stereocenters. The highest BCUT2D eigenvalue weighted by Crippen LogP contribution is 2.30. The van der Waals surface area contributed by atoms with Crippen molar-refractivity contribution >= 4 is 40.8 Å². The molecule has 0 spiro atoms. The lowest BCUT2D eigenvalue weighted by atomic mass is 10.4. The van der Waals surface area contributed by atoms with Crippen LogP contribution in [0.4, 0.5) is 0 Å². The van der Waals surface area contributed by atoms with Crippen molar-refractivity contribution in [3.63, 3.8) is 0 Å². The molecule has 48 valence electrons. The molecule has 1 aromatic rings. The molecule has 1 heterocycles. The number of carbonyl (C=O) groups is 1. The predicted octanol–water partition coefficient (Wildman–Crippen LogP) is 2.87. The number of rotatable bonds is 1. The standard InChI is InChI=1S/C5H2Cl2OS/c6-4-3(1-8)2-9-5(4)7/h1-2H. The normalized spacial score (nSPS) is 9.56. The molecule has 4 heteroatoms. The molecule has 0 aliphatic heterocycles. The van der Waals surface area contributed by atoms with E-state index in [1.54, 1.807) is 5.38 Å². The topological polar surface area (TPSA) is 17.1 Å². The summed E-state index contributed by atoms with van der Waals surface area (Å²) in [5.74, 6) is 0. The van der Waals surface area contributed by atoms with E-state index in [9.17, 15) is 4.79 Å². The smallest absolute Gasteiger partial charge is 0.152 e. The summed E-state index contributed by atoms with van der Waals surface area (Å²) in [4.78, 5) is 10.1. The maximum Gasteiger partial charge on any atom is 0.152 e. The molecule has 0 aromatic carbocycles. The van der Waals surface area contributed by atoms with Gasteiger partial charge in [-0.1, -0.05) is 23.2 Å².